The highest BCUT2D eigenvalue weighted by molar-refractivity contribution is 5.97. The lowest BCUT2D eigenvalue weighted by molar-refractivity contribution is -0.122. The lowest BCUT2D eigenvalue weighted by Crippen LogP contribution is -2.39. The van der Waals surface area contributed by atoms with E-state index < -0.39 is 5.97 Å². The molecule has 5 heteroatoms. The Hall–Kier alpha value is -2.56. The van der Waals surface area contributed by atoms with Crippen molar-refractivity contribution < 1.29 is 14.3 Å². The van der Waals surface area contributed by atoms with Crippen molar-refractivity contribution in [1.82, 2.24) is 4.57 Å². The molecule has 0 fully saturated rings. The van der Waals surface area contributed by atoms with Crippen LogP contribution in [0, 0.1) is 13.8 Å². The Kier molecular flexibility index (Phi) is 6.24. The number of para-hydroxylation sites is 1. The van der Waals surface area contributed by atoms with Crippen LogP contribution < -0.4 is 4.90 Å². The number of carbonyl (C=O) groups is 2. The molecule has 1 heterocycles. The molecule has 0 atom stereocenters. The first kappa shape index (κ1) is 19.8. The highest BCUT2D eigenvalue weighted by Crippen LogP contribution is 2.21. The van der Waals surface area contributed by atoms with Gasteiger partial charge in [0.15, 0.2) is 6.61 Å². The zero-order chi connectivity index (χ0) is 19.4. The second kappa shape index (κ2) is 8.21. The van der Waals surface area contributed by atoms with Crippen LogP contribution in [0.2, 0.25) is 0 Å². The van der Waals surface area contributed by atoms with Crippen molar-refractivity contribution in [3.8, 4) is 0 Å². The predicted molar refractivity (Wildman–Crippen MR) is 104 cm³/mol. The molecule has 0 saturated heterocycles. The van der Waals surface area contributed by atoms with Crippen LogP contribution in [-0.4, -0.2) is 29.1 Å². The number of aromatic nitrogens is 1. The first-order chi connectivity index (χ1) is 12.2. The van der Waals surface area contributed by atoms with Gasteiger partial charge in [0.25, 0.3) is 5.91 Å². The van der Waals surface area contributed by atoms with Crippen LogP contribution in [0.25, 0.3) is 0 Å². The van der Waals surface area contributed by atoms with Gasteiger partial charge in [-0.3, -0.25) is 4.79 Å². The molecule has 140 valence electrons. The molecule has 0 spiro atoms. The van der Waals surface area contributed by atoms with Gasteiger partial charge in [-0.1, -0.05) is 18.2 Å². The van der Waals surface area contributed by atoms with Gasteiger partial charge < -0.3 is 14.2 Å². The summed E-state index contributed by atoms with van der Waals surface area (Å²) in [4.78, 5) is 26.8. The van der Waals surface area contributed by atoms with Crippen LogP contribution in [0.15, 0.2) is 36.4 Å². The zero-order valence-electron chi connectivity index (χ0n) is 16.4. The second-order valence-electron chi connectivity index (χ2n) is 7.02. The van der Waals surface area contributed by atoms with E-state index in [4.69, 9.17) is 4.74 Å². The lowest BCUT2D eigenvalue weighted by atomic mass is 10.2. The SMILES string of the molecule is Cc1cc(C(=O)OCC(=O)N(c2ccccc2)C(C)C)c(C)n1C(C)C. The molecule has 1 amide bonds. The van der Waals surface area contributed by atoms with E-state index in [1.54, 1.807) is 4.90 Å². The Bertz CT molecular complexity index is 776. The second-order valence-corrected chi connectivity index (χ2v) is 7.02. The molecule has 0 aliphatic rings. The summed E-state index contributed by atoms with van der Waals surface area (Å²) in [5, 5.41) is 0. The van der Waals surface area contributed by atoms with Crippen LogP contribution in [0.4, 0.5) is 5.69 Å². The maximum absolute atomic E-state index is 12.6. The predicted octanol–water partition coefficient (Wildman–Crippen LogP) is 4.28. The van der Waals surface area contributed by atoms with Crippen molar-refractivity contribution in [2.24, 2.45) is 0 Å². The van der Waals surface area contributed by atoms with Crippen LogP contribution in [0.5, 0.6) is 0 Å². The summed E-state index contributed by atoms with van der Waals surface area (Å²) < 4.78 is 7.41. The third-order valence-corrected chi connectivity index (χ3v) is 4.37. The number of hydrogen-bond acceptors (Lipinski definition) is 3. The molecule has 0 aliphatic carbocycles. The number of hydrogen-bond donors (Lipinski definition) is 0. The number of nitrogens with zero attached hydrogens (tertiary/aromatic N) is 2. The fraction of sp³-hybridized carbons (Fsp3) is 0.429. The van der Waals surface area contributed by atoms with Crippen molar-refractivity contribution in [1.29, 1.82) is 0 Å². The minimum Gasteiger partial charge on any atom is -0.452 e. The molecule has 0 unspecified atom stereocenters. The number of ether oxygens (including phenoxy) is 1. The molecule has 0 radical (unpaired) electrons. The number of carbonyl (C=O) groups excluding carboxylic acids is 2. The summed E-state index contributed by atoms with van der Waals surface area (Å²) in [6.45, 7) is 11.6. The normalized spacial score (nSPS) is 11.1. The molecule has 0 bridgehead atoms. The third-order valence-electron chi connectivity index (χ3n) is 4.37. The molecular weight excluding hydrogens is 328 g/mol. The fourth-order valence-electron chi connectivity index (χ4n) is 3.37. The van der Waals surface area contributed by atoms with Gasteiger partial charge in [-0.2, -0.15) is 0 Å². The van der Waals surface area contributed by atoms with E-state index in [0.29, 0.717) is 5.56 Å². The maximum Gasteiger partial charge on any atom is 0.340 e. The average molecular weight is 356 g/mol. The smallest absolute Gasteiger partial charge is 0.340 e. The number of aryl methyl sites for hydroxylation is 1. The zero-order valence-corrected chi connectivity index (χ0v) is 16.4. The minimum atomic E-state index is -0.463. The van der Waals surface area contributed by atoms with Crippen LogP contribution in [0.3, 0.4) is 0 Å². The number of anilines is 1. The Morgan fingerprint density at radius 3 is 2.19 bits per heavy atom. The molecule has 0 N–H and O–H groups in total. The molecule has 2 aromatic rings. The molecule has 26 heavy (non-hydrogen) atoms. The number of amides is 1. The molecule has 1 aromatic carbocycles. The van der Waals surface area contributed by atoms with E-state index in [0.717, 1.165) is 17.1 Å². The molecule has 1 aromatic heterocycles. The molecular formula is C21H28N2O3. The number of esters is 1. The first-order valence-corrected chi connectivity index (χ1v) is 8.96. The van der Waals surface area contributed by atoms with Crippen LogP contribution in [-0.2, 0) is 9.53 Å². The van der Waals surface area contributed by atoms with E-state index in [1.165, 1.54) is 0 Å². The van der Waals surface area contributed by atoms with Crippen molar-refractivity contribution in [2.75, 3.05) is 11.5 Å². The number of benzene rings is 1. The summed E-state index contributed by atoms with van der Waals surface area (Å²) in [5.74, 6) is -0.702. The van der Waals surface area contributed by atoms with E-state index in [2.05, 4.69) is 18.4 Å². The number of rotatable bonds is 6. The first-order valence-electron chi connectivity index (χ1n) is 8.96. The summed E-state index contributed by atoms with van der Waals surface area (Å²) in [7, 11) is 0. The van der Waals surface area contributed by atoms with Gasteiger partial charge in [0.2, 0.25) is 0 Å². The van der Waals surface area contributed by atoms with E-state index in [-0.39, 0.29) is 24.6 Å². The van der Waals surface area contributed by atoms with Gasteiger partial charge in [-0.15, -0.1) is 0 Å². The Labute approximate surface area is 155 Å². The van der Waals surface area contributed by atoms with Crippen LogP contribution in [0.1, 0.15) is 55.5 Å². The minimum absolute atomic E-state index is 0.0328. The highest BCUT2D eigenvalue weighted by Gasteiger charge is 2.23. The summed E-state index contributed by atoms with van der Waals surface area (Å²) in [6.07, 6.45) is 0. The van der Waals surface area contributed by atoms with Crippen LogP contribution >= 0.6 is 0 Å². The van der Waals surface area contributed by atoms with E-state index in [1.807, 2.05) is 64.1 Å². The van der Waals surface area contributed by atoms with Gasteiger partial charge in [-0.05, 0) is 59.7 Å². The maximum atomic E-state index is 12.6. The highest BCUT2D eigenvalue weighted by atomic mass is 16.5. The molecule has 2 rings (SSSR count). The molecule has 0 saturated carbocycles. The Balaban J connectivity index is 2.11. The van der Waals surface area contributed by atoms with Gasteiger partial charge in [0.1, 0.15) is 0 Å². The third kappa shape index (κ3) is 4.15. The van der Waals surface area contributed by atoms with Crippen molar-refractivity contribution >= 4 is 17.6 Å². The van der Waals surface area contributed by atoms with Gasteiger partial charge >= 0.3 is 5.97 Å². The van der Waals surface area contributed by atoms with Gasteiger partial charge in [0, 0.05) is 29.2 Å². The van der Waals surface area contributed by atoms with Crippen molar-refractivity contribution in [3.05, 3.63) is 53.3 Å². The average Bonchev–Trinajstić information content (AvgIpc) is 2.88. The van der Waals surface area contributed by atoms with E-state index >= 15 is 0 Å². The summed E-state index contributed by atoms with van der Waals surface area (Å²) in [5.41, 5.74) is 3.17. The lowest BCUT2D eigenvalue weighted by Gasteiger charge is -2.26. The Morgan fingerprint density at radius 1 is 1.08 bits per heavy atom. The van der Waals surface area contributed by atoms with E-state index in [9.17, 15) is 9.59 Å². The molecule has 0 aliphatic heterocycles. The quantitative estimate of drug-likeness (QED) is 0.726. The van der Waals surface area contributed by atoms with Crippen molar-refractivity contribution in [2.45, 2.75) is 53.6 Å². The summed E-state index contributed by atoms with van der Waals surface area (Å²) >= 11 is 0. The van der Waals surface area contributed by atoms with Crippen molar-refractivity contribution in [3.63, 3.8) is 0 Å². The Morgan fingerprint density at radius 2 is 1.69 bits per heavy atom. The standard InChI is InChI=1S/C21H28N2O3/c1-14(2)22-16(5)12-19(17(22)6)21(25)26-13-20(24)23(15(3)4)18-10-8-7-9-11-18/h7-12,14-15H,13H2,1-6H3. The van der Waals surface area contributed by atoms with Gasteiger partial charge in [0.05, 0.1) is 5.56 Å². The topological polar surface area (TPSA) is 51.5 Å². The summed E-state index contributed by atoms with van der Waals surface area (Å²) in [6, 6.07) is 11.4. The fourth-order valence-corrected chi connectivity index (χ4v) is 3.37. The monoisotopic (exact) mass is 356 g/mol. The molecule has 5 nitrogen and oxygen atoms in total. The largest absolute Gasteiger partial charge is 0.452 e. The van der Waals surface area contributed by atoms with Gasteiger partial charge in [-0.25, -0.2) is 4.79 Å².